The fraction of sp³-hybridized carbons (Fsp3) is 0.846. The Morgan fingerprint density at radius 2 is 1.83 bits per heavy atom. The molecule has 1 fully saturated rings. The molecule has 0 aliphatic carbocycles. The van der Waals surface area contributed by atoms with Crippen molar-refractivity contribution in [2.45, 2.75) is 45.8 Å². The lowest BCUT2D eigenvalue weighted by molar-refractivity contribution is -0.146. The molecule has 3 unspecified atom stereocenters. The summed E-state index contributed by atoms with van der Waals surface area (Å²) in [5.41, 5.74) is 0. The second-order valence-electron chi connectivity index (χ2n) is 5.38. The second kappa shape index (κ2) is 6.18. The Bertz CT molecular complexity index is 308. The summed E-state index contributed by atoms with van der Waals surface area (Å²) in [5, 5.41) is 8.85. The van der Waals surface area contributed by atoms with Gasteiger partial charge in [-0.25, -0.2) is 0 Å². The van der Waals surface area contributed by atoms with Crippen LogP contribution in [0.5, 0.6) is 0 Å². The molecule has 1 rings (SSSR count). The first-order chi connectivity index (χ1) is 8.31. The first-order valence-electron chi connectivity index (χ1n) is 6.44. The molecule has 0 spiro atoms. The predicted octanol–water partition coefficient (Wildman–Crippen LogP) is 1.37. The Morgan fingerprint density at radius 3 is 2.28 bits per heavy atom. The summed E-state index contributed by atoms with van der Waals surface area (Å²) in [6.45, 7) is 5.81. The summed E-state index contributed by atoms with van der Waals surface area (Å²) in [5.74, 6) is -1.42. The van der Waals surface area contributed by atoms with Gasteiger partial charge in [0.15, 0.2) is 0 Å². The van der Waals surface area contributed by atoms with E-state index >= 15 is 0 Å². The average Bonchev–Trinajstić information content (AvgIpc) is 2.26. The van der Waals surface area contributed by atoms with Crippen LogP contribution in [-0.4, -0.2) is 47.7 Å². The lowest BCUT2D eigenvalue weighted by Crippen LogP contribution is -2.42. The van der Waals surface area contributed by atoms with Gasteiger partial charge in [0.1, 0.15) is 0 Å². The number of ether oxygens (including phenoxy) is 1. The number of carboxylic acids is 1. The smallest absolute Gasteiger partial charge is 0.308 e. The number of carboxylic acid groups (broad SMARTS) is 1. The van der Waals surface area contributed by atoms with E-state index in [-0.39, 0.29) is 30.6 Å². The molecular formula is C13H23NO4. The number of carbonyl (C=O) groups excluding carboxylic acids is 1. The highest BCUT2D eigenvalue weighted by Gasteiger charge is 2.32. The van der Waals surface area contributed by atoms with Crippen LogP contribution >= 0.6 is 0 Å². The SMILES string of the molecule is CC1CC(C(=O)N(C)CC(C)C(=O)O)CC(C)O1. The van der Waals surface area contributed by atoms with Gasteiger partial charge < -0.3 is 14.7 Å². The summed E-state index contributed by atoms with van der Waals surface area (Å²) < 4.78 is 5.60. The van der Waals surface area contributed by atoms with Crippen molar-refractivity contribution in [1.82, 2.24) is 4.90 Å². The molecule has 1 N–H and O–H groups in total. The third-order valence-electron chi connectivity index (χ3n) is 3.39. The van der Waals surface area contributed by atoms with Crippen LogP contribution in [0.3, 0.4) is 0 Å². The molecule has 1 heterocycles. The molecule has 0 bridgehead atoms. The predicted molar refractivity (Wildman–Crippen MR) is 67.2 cm³/mol. The number of carbonyl (C=O) groups is 2. The van der Waals surface area contributed by atoms with E-state index in [1.54, 1.807) is 14.0 Å². The Kier molecular flexibility index (Phi) is 5.14. The van der Waals surface area contributed by atoms with Crippen LogP contribution in [-0.2, 0) is 14.3 Å². The monoisotopic (exact) mass is 257 g/mol. The number of amides is 1. The van der Waals surface area contributed by atoms with Crippen LogP contribution in [0.15, 0.2) is 0 Å². The van der Waals surface area contributed by atoms with Crippen LogP contribution in [0, 0.1) is 11.8 Å². The number of hydrogen-bond donors (Lipinski definition) is 1. The maximum Gasteiger partial charge on any atom is 0.308 e. The highest BCUT2D eigenvalue weighted by Crippen LogP contribution is 2.26. The zero-order chi connectivity index (χ0) is 13.9. The first-order valence-corrected chi connectivity index (χ1v) is 6.44. The number of rotatable bonds is 4. The molecule has 5 heteroatoms. The van der Waals surface area contributed by atoms with Crippen molar-refractivity contribution < 1.29 is 19.4 Å². The van der Waals surface area contributed by atoms with Gasteiger partial charge in [-0.15, -0.1) is 0 Å². The van der Waals surface area contributed by atoms with Gasteiger partial charge in [-0.3, -0.25) is 9.59 Å². The van der Waals surface area contributed by atoms with Gasteiger partial charge in [-0.2, -0.15) is 0 Å². The van der Waals surface area contributed by atoms with Gasteiger partial charge in [0, 0.05) is 19.5 Å². The highest BCUT2D eigenvalue weighted by atomic mass is 16.5. The van der Waals surface area contributed by atoms with Crippen molar-refractivity contribution in [3.05, 3.63) is 0 Å². The van der Waals surface area contributed by atoms with Crippen LogP contribution < -0.4 is 0 Å². The molecule has 1 aliphatic heterocycles. The summed E-state index contributed by atoms with van der Waals surface area (Å²) >= 11 is 0. The number of hydrogen-bond acceptors (Lipinski definition) is 3. The summed E-state index contributed by atoms with van der Waals surface area (Å²) in [6.07, 6.45) is 1.62. The molecule has 18 heavy (non-hydrogen) atoms. The molecule has 1 amide bonds. The second-order valence-corrected chi connectivity index (χ2v) is 5.38. The van der Waals surface area contributed by atoms with E-state index in [1.807, 2.05) is 13.8 Å². The molecule has 5 nitrogen and oxygen atoms in total. The van der Waals surface area contributed by atoms with Crippen LogP contribution in [0.4, 0.5) is 0 Å². The zero-order valence-electron chi connectivity index (χ0n) is 11.5. The van der Waals surface area contributed by atoms with Gasteiger partial charge in [0.25, 0.3) is 0 Å². The van der Waals surface area contributed by atoms with E-state index in [9.17, 15) is 9.59 Å². The minimum absolute atomic E-state index is 0.0325. The summed E-state index contributed by atoms with van der Waals surface area (Å²) in [7, 11) is 1.67. The zero-order valence-corrected chi connectivity index (χ0v) is 11.5. The largest absolute Gasteiger partial charge is 0.481 e. The van der Waals surface area contributed by atoms with Gasteiger partial charge in [-0.05, 0) is 26.7 Å². The Balaban J connectivity index is 2.55. The van der Waals surface area contributed by atoms with E-state index in [1.165, 1.54) is 4.90 Å². The molecule has 0 aromatic heterocycles. The maximum absolute atomic E-state index is 12.2. The van der Waals surface area contributed by atoms with Gasteiger partial charge in [-0.1, -0.05) is 6.92 Å². The third kappa shape index (κ3) is 3.98. The van der Waals surface area contributed by atoms with Crippen molar-refractivity contribution in [2.24, 2.45) is 11.8 Å². The first kappa shape index (κ1) is 15.0. The Hall–Kier alpha value is -1.10. The summed E-state index contributed by atoms with van der Waals surface area (Å²) in [4.78, 5) is 24.5. The van der Waals surface area contributed by atoms with Gasteiger partial charge in [0.05, 0.1) is 18.1 Å². The van der Waals surface area contributed by atoms with Gasteiger partial charge >= 0.3 is 5.97 Å². The van der Waals surface area contributed by atoms with Crippen LogP contribution in [0.1, 0.15) is 33.6 Å². The molecule has 0 radical (unpaired) electrons. The summed E-state index contributed by atoms with van der Waals surface area (Å²) in [6, 6.07) is 0. The Morgan fingerprint density at radius 1 is 1.33 bits per heavy atom. The number of aliphatic carboxylic acids is 1. The fourth-order valence-electron chi connectivity index (χ4n) is 2.50. The molecule has 0 saturated carbocycles. The van der Waals surface area contributed by atoms with Crippen molar-refractivity contribution in [2.75, 3.05) is 13.6 Å². The van der Waals surface area contributed by atoms with E-state index in [0.717, 1.165) is 12.8 Å². The Labute approximate surface area is 108 Å². The number of nitrogens with zero attached hydrogens (tertiary/aromatic N) is 1. The van der Waals surface area contributed by atoms with E-state index < -0.39 is 11.9 Å². The van der Waals surface area contributed by atoms with E-state index in [2.05, 4.69) is 0 Å². The van der Waals surface area contributed by atoms with E-state index in [0.29, 0.717) is 0 Å². The minimum atomic E-state index is -0.872. The average molecular weight is 257 g/mol. The lowest BCUT2D eigenvalue weighted by Gasteiger charge is -2.33. The normalized spacial score (nSPS) is 29.7. The maximum atomic E-state index is 12.2. The molecule has 3 atom stereocenters. The van der Waals surface area contributed by atoms with Crippen molar-refractivity contribution in [1.29, 1.82) is 0 Å². The molecular weight excluding hydrogens is 234 g/mol. The van der Waals surface area contributed by atoms with Crippen LogP contribution in [0.25, 0.3) is 0 Å². The molecule has 0 aromatic carbocycles. The van der Waals surface area contributed by atoms with Gasteiger partial charge in [0.2, 0.25) is 5.91 Å². The quantitative estimate of drug-likeness (QED) is 0.826. The molecule has 104 valence electrons. The fourth-order valence-corrected chi connectivity index (χ4v) is 2.50. The molecule has 1 saturated heterocycles. The van der Waals surface area contributed by atoms with Crippen molar-refractivity contribution >= 4 is 11.9 Å². The van der Waals surface area contributed by atoms with Crippen molar-refractivity contribution in [3.8, 4) is 0 Å². The highest BCUT2D eigenvalue weighted by molar-refractivity contribution is 5.79. The van der Waals surface area contributed by atoms with Crippen molar-refractivity contribution in [3.63, 3.8) is 0 Å². The standard InChI is InChI=1S/C13H23NO4/c1-8(13(16)17)7-14(4)12(15)11-5-9(2)18-10(3)6-11/h8-11H,5-7H2,1-4H3,(H,16,17). The topological polar surface area (TPSA) is 66.8 Å². The van der Waals surface area contributed by atoms with E-state index in [4.69, 9.17) is 9.84 Å². The minimum Gasteiger partial charge on any atom is -0.481 e. The third-order valence-corrected chi connectivity index (χ3v) is 3.39. The molecule has 1 aliphatic rings. The molecule has 0 aromatic rings. The van der Waals surface area contributed by atoms with Crippen LogP contribution in [0.2, 0.25) is 0 Å². The lowest BCUT2D eigenvalue weighted by atomic mass is 9.91.